The molecule has 0 aliphatic heterocycles. The second-order valence-electron chi connectivity index (χ2n) is 2.85. The smallest absolute Gasteiger partial charge is 0.320 e. The number of aliphatic carboxylic acids is 1. The number of nitrogens with zero attached hydrogens (tertiary/aromatic N) is 2. The predicted molar refractivity (Wildman–Crippen MR) is 47.2 cm³/mol. The Balaban J connectivity index is 2.58. The minimum Gasteiger partial charge on any atom is -0.480 e. The van der Waals surface area contributed by atoms with Crippen LogP contribution in [0.1, 0.15) is 12.5 Å². The van der Waals surface area contributed by atoms with Crippen LogP contribution in [0.3, 0.4) is 0 Å². The molecule has 13 heavy (non-hydrogen) atoms. The van der Waals surface area contributed by atoms with E-state index < -0.39 is 12.0 Å². The molecular weight excluding hydrogens is 170 g/mol. The van der Waals surface area contributed by atoms with E-state index in [1.807, 2.05) is 13.1 Å². The van der Waals surface area contributed by atoms with Crippen molar-refractivity contribution in [2.45, 2.75) is 25.9 Å². The van der Waals surface area contributed by atoms with Crippen LogP contribution in [0.5, 0.6) is 0 Å². The minimum absolute atomic E-state index is 0.329. The van der Waals surface area contributed by atoms with Crippen molar-refractivity contribution >= 4 is 5.97 Å². The highest BCUT2D eigenvalue weighted by atomic mass is 16.4. The minimum atomic E-state index is -0.982. The molecule has 0 aliphatic carbocycles. The molecule has 5 heteroatoms. The number of carboxylic acid groups (broad SMARTS) is 1. The Labute approximate surface area is 76.2 Å². The van der Waals surface area contributed by atoms with Crippen molar-refractivity contribution in [3.63, 3.8) is 0 Å². The number of rotatable bonds is 4. The third kappa shape index (κ3) is 2.55. The molecule has 1 unspecified atom stereocenters. The second kappa shape index (κ2) is 4.04. The molecule has 3 N–H and O–H groups in total. The summed E-state index contributed by atoms with van der Waals surface area (Å²) in [7, 11) is 0. The van der Waals surface area contributed by atoms with Gasteiger partial charge in [0.05, 0.1) is 6.20 Å². The van der Waals surface area contributed by atoms with Crippen molar-refractivity contribution in [3.8, 4) is 0 Å². The van der Waals surface area contributed by atoms with Crippen LogP contribution in [0, 0.1) is 0 Å². The summed E-state index contributed by atoms with van der Waals surface area (Å²) in [6.07, 6.45) is 3.78. The van der Waals surface area contributed by atoms with Gasteiger partial charge in [-0.3, -0.25) is 9.48 Å². The second-order valence-corrected chi connectivity index (χ2v) is 2.85. The van der Waals surface area contributed by atoms with E-state index in [0.29, 0.717) is 6.42 Å². The number of aromatic nitrogens is 2. The number of carbonyl (C=O) groups is 1. The van der Waals surface area contributed by atoms with Gasteiger partial charge < -0.3 is 10.8 Å². The van der Waals surface area contributed by atoms with Gasteiger partial charge in [0.2, 0.25) is 0 Å². The molecule has 1 heterocycles. The fourth-order valence-electron chi connectivity index (χ4n) is 1.03. The Kier molecular flexibility index (Phi) is 3.02. The fraction of sp³-hybridized carbons (Fsp3) is 0.500. The van der Waals surface area contributed by atoms with Gasteiger partial charge in [0, 0.05) is 19.2 Å². The highest BCUT2D eigenvalue weighted by Crippen LogP contribution is 2.01. The van der Waals surface area contributed by atoms with Crippen LogP contribution < -0.4 is 5.73 Å². The van der Waals surface area contributed by atoms with Crippen molar-refractivity contribution in [3.05, 3.63) is 18.0 Å². The summed E-state index contributed by atoms with van der Waals surface area (Å²) in [6, 6.07) is -0.838. The first-order valence-corrected chi connectivity index (χ1v) is 4.13. The van der Waals surface area contributed by atoms with Gasteiger partial charge in [0.25, 0.3) is 0 Å². The maximum absolute atomic E-state index is 10.4. The fourth-order valence-corrected chi connectivity index (χ4v) is 1.03. The molecule has 1 aromatic rings. The summed E-state index contributed by atoms with van der Waals surface area (Å²) in [5.74, 6) is -0.982. The first kappa shape index (κ1) is 9.73. The first-order chi connectivity index (χ1) is 6.13. The molecule has 0 saturated carbocycles. The van der Waals surface area contributed by atoms with Gasteiger partial charge in [-0.15, -0.1) is 0 Å². The topological polar surface area (TPSA) is 81.1 Å². The van der Waals surface area contributed by atoms with Crippen molar-refractivity contribution in [2.24, 2.45) is 5.73 Å². The zero-order chi connectivity index (χ0) is 9.84. The molecule has 0 amide bonds. The average Bonchev–Trinajstić information content (AvgIpc) is 2.52. The molecule has 1 rings (SSSR count). The molecule has 0 spiro atoms. The van der Waals surface area contributed by atoms with Crippen molar-refractivity contribution in [1.29, 1.82) is 0 Å². The molecule has 0 saturated heterocycles. The van der Waals surface area contributed by atoms with Gasteiger partial charge in [0.1, 0.15) is 6.04 Å². The zero-order valence-corrected chi connectivity index (χ0v) is 7.47. The summed E-state index contributed by atoms with van der Waals surface area (Å²) in [6.45, 7) is 2.75. The van der Waals surface area contributed by atoms with E-state index >= 15 is 0 Å². The lowest BCUT2D eigenvalue weighted by molar-refractivity contribution is -0.138. The largest absolute Gasteiger partial charge is 0.480 e. The summed E-state index contributed by atoms with van der Waals surface area (Å²) < 4.78 is 1.74. The number of nitrogens with two attached hydrogens (primary N) is 1. The van der Waals surface area contributed by atoms with E-state index in [2.05, 4.69) is 5.10 Å². The summed E-state index contributed by atoms with van der Waals surface area (Å²) in [5.41, 5.74) is 6.22. The maximum atomic E-state index is 10.4. The summed E-state index contributed by atoms with van der Waals surface area (Å²) >= 11 is 0. The highest BCUT2D eigenvalue weighted by Gasteiger charge is 2.12. The Morgan fingerprint density at radius 2 is 2.54 bits per heavy atom. The Morgan fingerprint density at radius 3 is 3.00 bits per heavy atom. The lowest BCUT2D eigenvalue weighted by atomic mass is 10.1. The van der Waals surface area contributed by atoms with Gasteiger partial charge in [-0.2, -0.15) is 5.10 Å². The van der Waals surface area contributed by atoms with Crippen molar-refractivity contribution in [2.75, 3.05) is 0 Å². The molecule has 0 aromatic carbocycles. The summed E-state index contributed by atoms with van der Waals surface area (Å²) in [4.78, 5) is 10.4. The molecule has 5 nitrogen and oxygen atoms in total. The highest BCUT2D eigenvalue weighted by molar-refractivity contribution is 5.73. The third-order valence-corrected chi connectivity index (χ3v) is 1.78. The third-order valence-electron chi connectivity index (χ3n) is 1.78. The maximum Gasteiger partial charge on any atom is 0.320 e. The van der Waals surface area contributed by atoms with Crippen LogP contribution >= 0.6 is 0 Å². The van der Waals surface area contributed by atoms with Crippen LogP contribution in [0.4, 0.5) is 0 Å². The Morgan fingerprint density at radius 1 is 1.85 bits per heavy atom. The van der Waals surface area contributed by atoms with E-state index in [9.17, 15) is 4.79 Å². The number of aryl methyl sites for hydroxylation is 1. The van der Waals surface area contributed by atoms with Crippen LogP contribution in [-0.2, 0) is 17.8 Å². The standard InChI is InChI=1S/C8H13N3O2/c1-2-11-5-6(4-10-11)3-7(9)8(12)13/h4-5,7H,2-3,9H2,1H3,(H,12,13). The lowest BCUT2D eigenvalue weighted by Crippen LogP contribution is -2.32. The lowest BCUT2D eigenvalue weighted by Gasteiger charge is -2.02. The van der Waals surface area contributed by atoms with Crippen LogP contribution in [0.2, 0.25) is 0 Å². The number of hydrogen-bond acceptors (Lipinski definition) is 3. The number of carboxylic acids is 1. The van der Waals surface area contributed by atoms with Gasteiger partial charge in [-0.25, -0.2) is 0 Å². The molecular formula is C8H13N3O2. The molecule has 1 aromatic heterocycles. The van der Waals surface area contributed by atoms with Crippen molar-refractivity contribution < 1.29 is 9.90 Å². The number of hydrogen-bond donors (Lipinski definition) is 2. The van der Waals surface area contributed by atoms with E-state index in [4.69, 9.17) is 10.8 Å². The molecule has 1 atom stereocenters. The Hall–Kier alpha value is -1.36. The molecule has 72 valence electrons. The predicted octanol–water partition coefficient (Wildman–Crippen LogP) is -0.143. The van der Waals surface area contributed by atoms with E-state index in [0.717, 1.165) is 12.1 Å². The van der Waals surface area contributed by atoms with Crippen LogP contribution in [0.15, 0.2) is 12.4 Å². The van der Waals surface area contributed by atoms with E-state index in [1.54, 1.807) is 10.9 Å². The first-order valence-electron chi connectivity index (χ1n) is 4.13. The molecule has 0 fully saturated rings. The van der Waals surface area contributed by atoms with Gasteiger partial charge in [0.15, 0.2) is 0 Å². The van der Waals surface area contributed by atoms with Gasteiger partial charge in [-0.1, -0.05) is 0 Å². The van der Waals surface area contributed by atoms with Gasteiger partial charge in [-0.05, 0) is 12.5 Å². The summed E-state index contributed by atoms with van der Waals surface area (Å²) in [5, 5.41) is 12.6. The zero-order valence-electron chi connectivity index (χ0n) is 7.47. The van der Waals surface area contributed by atoms with Crippen LogP contribution in [-0.4, -0.2) is 26.9 Å². The normalized spacial score (nSPS) is 12.8. The van der Waals surface area contributed by atoms with Crippen LogP contribution in [0.25, 0.3) is 0 Å². The molecule has 0 bridgehead atoms. The van der Waals surface area contributed by atoms with Gasteiger partial charge >= 0.3 is 5.97 Å². The van der Waals surface area contributed by atoms with Crippen molar-refractivity contribution in [1.82, 2.24) is 9.78 Å². The molecule has 0 radical (unpaired) electrons. The quantitative estimate of drug-likeness (QED) is 0.680. The molecule has 0 aliphatic rings. The Bertz CT molecular complexity index is 295. The van der Waals surface area contributed by atoms with E-state index in [-0.39, 0.29) is 0 Å². The SMILES string of the molecule is CCn1cc(CC(N)C(=O)O)cn1. The van der Waals surface area contributed by atoms with E-state index in [1.165, 1.54) is 0 Å². The average molecular weight is 183 g/mol. The monoisotopic (exact) mass is 183 g/mol.